The van der Waals surface area contributed by atoms with E-state index < -0.39 is 5.97 Å². The van der Waals surface area contributed by atoms with Gasteiger partial charge in [-0.15, -0.1) is 5.10 Å². The van der Waals surface area contributed by atoms with Crippen molar-refractivity contribution in [1.82, 2.24) is 15.0 Å². The first-order valence-electron chi connectivity index (χ1n) is 5.14. The van der Waals surface area contributed by atoms with Gasteiger partial charge in [0.15, 0.2) is 0 Å². The Hall–Kier alpha value is -1.40. The van der Waals surface area contributed by atoms with Gasteiger partial charge in [0.2, 0.25) is 0 Å². The van der Waals surface area contributed by atoms with E-state index in [4.69, 9.17) is 16.7 Å². The number of rotatable bonds is 4. The summed E-state index contributed by atoms with van der Waals surface area (Å²) in [6.07, 6.45) is 2.09. The summed E-state index contributed by atoms with van der Waals surface area (Å²) in [5, 5.41) is 17.1. The number of hydrogen-bond acceptors (Lipinski definition) is 3. The number of hydrogen-bond donors (Lipinski definition) is 1. The molecule has 0 spiro atoms. The van der Waals surface area contributed by atoms with Gasteiger partial charge in [0.05, 0.1) is 24.0 Å². The molecule has 0 fully saturated rings. The molecule has 0 aliphatic carbocycles. The summed E-state index contributed by atoms with van der Waals surface area (Å²) in [5.41, 5.74) is 1.39. The van der Waals surface area contributed by atoms with Crippen molar-refractivity contribution in [2.45, 2.75) is 12.8 Å². The van der Waals surface area contributed by atoms with E-state index in [1.165, 1.54) is 0 Å². The zero-order valence-electron chi connectivity index (χ0n) is 9.18. The number of carboxylic acids is 1. The summed E-state index contributed by atoms with van der Waals surface area (Å²) in [7, 11) is 0. The molecule has 0 radical (unpaired) electrons. The molecular weight excluding hydrogens is 321 g/mol. The van der Waals surface area contributed by atoms with Crippen LogP contribution >= 0.6 is 27.5 Å². The molecule has 1 N–H and O–H groups in total. The van der Waals surface area contributed by atoms with E-state index in [9.17, 15) is 4.79 Å². The molecule has 0 bridgehead atoms. The maximum absolute atomic E-state index is 10.5. The smallest absolute Gasteiger partial charge is 0.303 e. The molecule has 2 aromatic rings. The summed E-state index contributed by atoms with van der Waals surface area (Å²) in [4.78, 5) is 10.5. The lowest BCUT2D eigenvalue weighted by Crippen LogP contribution is -1.97. The maximum Gasteiger partial charge on any atom is 0.303 e. The first kappa shape index (κ1) is 13.0. The maximum atomic E-state index is 10.5. The molecule has 7 heteroatoms. The number of carbonyl (C=O) groups is 1. The number of aliphatic carboxylic acids is 1. The molecule has 0 saturated carbocycles. The minimum atomic E-state index is -0.853. The van der Waals surface area contributed by atoms with Gasteiger partial charge >= 0.3 is 5.97 Å². The topological polar surface area (TPSA) is 68.0 Å². The third kappa shape index (κ3) is 3.08. The second kappa shape index (κ2) is 5.49. The van der Waals surface area contributed by atoms with Crippen molar-refractivity contribution in [2.24, 2.45) is 0 Å². The molecular formula is C11H9BrClN3O2. The Morgan fingerprint density at radius 1 is 1.50 bits per heavy atom. The quantitative estimate of drug-likeness (QED) is 0.936. The molecule has 0 aliphatic heterocycles. The number of aromatic nitrogens is 3. The van der Waals surface area contributed by atoms with Gasteiger partial charge in [0, 0.05) is 15.9 Å². The van der Waals surface area contributed by atoms with Crippen LogP contribution in [-0.4, -0.2) is 26.1 Å². The molecule has 0 amide bonds. The lowest BCUT2D eigenvalue weighted by atomic mass is 10.2. The van der Waals surface area contributed by atoms with Gasteiger partial charge in [-0.05, 0) is 34.1 Å². The molecule has 0 aliphatic rings. The largest absolute Gasteiger partial charge is 0.481 e. The third-order valence-corrected chi connectivity index (χ3v) is 3.20. The fourth-order valence-electron chi connectivity index (χ4n) is 1.43. The lowest BCUT2D eigenvalue weighted by molar-refractivity contribution is -0.136. The van der Waals surface area contributed by atoms with E-state index in [1.807, 2.05) is 6.07 Å². The Balaban J connectivity index is 2.23. The van der Waals surface area contributed by atoms with Gasteiger partial charge in [0.1, 0.15) is 0 Å². The summed E-state index contributed by atoms with van der Waals surface area (Å²) < 4.78 is 2.40. The molecule has 0 unspecified atom stereocenters. The van der Waals surface area contributed by atoms with Gasteiger partial charge in [-0.1, -0.05) is 16.8 Å². The normalized spacial score (nSPS) is 10.6. The Morgan fingerprint density at radius 2 is 2.28 bits per heavy atom. The first-order valence-corrected chi connectivity index (χ1v) is 6.32. The Kier molecular flexibility index (Phi) is 3.98. The highest BCUT2D eigenvalue weighted by molar-refractivity contribution is 9.10. The summed E-state index contributed by atoms with van der Waals surface area (Å²) in [5.74, 6) is -0.853. The zero-order chi connectivity index (χ0) is 13.1. The molecule has 0 saturated heterocycles. The van der Waals surface area contributed by atoms with Gasteiger partial charge in [-0.3, -0.25) is 4.79 Å². The van der Waals surface area contributed by atoms with E-state index in [0.29, 0.717) is 17.1 Å². The molecule has 5 nitrogen and oxygen atoms in total. The molecule has 2 rings (SSSR count). The molecule has 1 heterocycles. The second-order valence-corrected chi connectivity index (χ2v) is 4.93. The number of nitrogens with zero attached hydrogens (tertiary/aromatic N) is 3. The predicted molar refractivity (Wildman–Crippen MR) is 70.0 cm³/mol. The predicted octanol–water partition coefficient (Wildman–Crippen LogP) is 2.70. The van der Waals surface area contributed by atoms with E-state index >= 15 is 0 Å². The first-order chi connectivity index (χ1) is 8.56. The van der Waals surface area contributed by atoms with E-state index in [2.05, 4.69) is 26.2 Å². The van der Waals surface area contributed by atoms with Crippen molar-refractivity contribution < 1.29 is 9.90 Å². The molecule has 18 heavy (non-hydrogen) atoms. The van der Waals surface area contributed by atoms with Crippen LogP contribution in [0.25, 0.3) is 5.69 Å². The van der Waals surface area contributed by atoms with E-state index in [0.717, 1.165) is 10.2 Å². The fourth-order valence-corrected chi connectivity index (χ4v) is 2.02. The second-order valence-electron chi connectivity index (χ2n) is 3.64. The highest BCUT2D eigenvalue weighted by Gasteiger charge is 2.08. The standard InChI is InChI=1S/C11H9BrClN3O2/c12-9-3-1-7(13)5-10(9)16-6-8(14-15-16)2-4-11(17)18/h1,3,5-6H,2,4H2,(H,17,18). The van der Waals surface area contributed by atoms with Gasteiger partial charge in [-0.2, -0.15) is 0 Å². The molecule has 0 atom stereocenters. The SMILES string of the molecule is O=C(O)CCc1cn(-c2cc(Cl)ccc2Br)nn1. The van der Waals surface area contributed by atoms with Crippen LogP contribution in [-0.2, 0) is 11.2 Å². The average molecular weight is 331 g/mol. The third-order valence-electron chi connectivity index (χ3n) is 2.29. The Morgan fingerprint density at radius 3 is 3.00 bits per heavy atom. The minimum Gasteiger partial charge on any atom is -0.481 e. The van der Waals surface area contributed by atoms with Crippen molar-refractivity contribution in [3.63, 3.8) is 0 Å². The zero-order valence-corrected chi connectivity index (χ0v) is 11.5. The molecule has 1 aromatic heterocycles. The molecule has 1 aromatic carbocycles. The molecule has 94 valence electrons. The lowest BCUT2D eigenvalue weighted by Gasteiger charge is -2.03. The number of halogens is 2. The highest BCUT2D eigenvalue weighted by Crippen LogP contribution is 2.24. The van der Waals surface area contributed by atoms with Crippen LogP contribution in [0.5, 0.6) is 0 Å². The van der Waals surface area contributed by atoms with Crippen LogP contribution < -0.4 is 0 Å². The van der Waals surface area contributed by atoms with E-state index in [1.54, 1.807) is 23.0 Å². The number of aryl methyl sites for hydroxylation is 1. The minimum absolute atomic E-state index is 0.0371. The van der Waals surface area contributed by atoms with E-state index in [-0.39, 0.29) is 6.42 Å². The number of carboxylic acid groups (broad SMARTS) is 1. The van der Waals surface area contributed by atoms with Crippen LogP contribution in [0, 0.1) is 0 Å². The monoisotopic (exact) mass is 329 g/mol. The van der Waals surface area contributed by atoms with Crippen LogP contribution in [0.2, 0.25) is 5.02 Å². The van der Waals surface area contributed by atoms with Crippen LogP contribution in [0.15, 0.2) is 28.9 Å². The van der Waals surface area contributed by atoms with Crippen molar-refractivity contribution in [3.05, 3.63) is 39.6 Å². The average Bonchev–Trinajstić information content (AvgIpc) is 2.78. The van der Waals surface area contributed by atoms with Crippen molar-refractivity contribution in [2.75, 3.05) is 0 Å². The van der Waals surface area contributed by atoms with Crippen LogP contribution in [0.3, 0.4) is 0 Å². The van der Waals surface area contributed by atoms with Gasteiger partial charge in [0.25, 0.3) is 0 Å². The van der Waals surface area contributed by atoms with Crippen molar-refractivity contribution in [3.8, 4) is 5.69 Å². The summed E-state index contributed by atoms with van der Waals surface area (Å²) >= 11 is 9.31. The highest BCUT2D eigenvalue weighted by atomic mass is 79.9. The Bertz CT molecular complexity index is 585. The van der Waals surface area contributed by atoms with Crippen LogP contribution in [0.1, 0.15) is 12.1 Å². The Labute approximate surface area is 117 Å². The summed E-state index contributed by atoms with van der Waals surface area (Å²) in [6, 6.07) is 5.33. The van der Waals surface area contributed by atoms with Gasteiger partial charge < -0.3 is 5.11 Å². The van der Waals surface area contributed by atoms with Crippen molar-refractivity contribution >= 4 is 33.5 Å². The van der Waals surface area contributed by atoms with Crippen LogP contribution in [0.4, 0.5) is 0 Å². The van der Waals surface area contributed by atoms with Gasteiger partial charge in [-0.25, -0.2) is 4.68 Å². The number of benzene rings is 1. The fraction of sp³-hybridized carbons (Fsp3) is 0.182. The summed E-state index contributed by atoms with van der Waals surface area (Å²) in [6.45, 7) is 0. The van der Waals surface area contributed by atoms with Crippen molar-refractivity contribution in [1.29, 1.82) is 0 Å².